The molecule has 0 fully saturated rings. The first-order chi connectivity index (χ1) is 8.81. The van der Waals surface area contributed by atoms with E-state index >= 15 is 0 Å². The maximum Gasteiger partial charge on any atom is 0.307 e. The van der Waals surface area contributed by atoms with E-state index in [9.17, 15) is 9.59 Å². The lowest BCUT2D eigenvalue weighted by Gasteiger charge is -2.12. The first-order valence-electron chi connectivity index (χ1n) is 6.33. The van der Waals surface area contributed by atoms with Crippen LogP contribution in [0.4, 0.5) is 0 Å². The summed E-state index contributed by atoms with van der Waals surface area (Å²) in [5, 5.41) is 0. The molecule has 1 aliphatic rings. The molecule has 0 heterocycles. The van der Waals surface area contributed by atoms with Gasteiger partial charge in [-0.3, -0.25) is 9.59 Å². The Morgan fingerprint density at radius 2 is 2.05 bits per heavy atom. The van der Waals surface area contributed by atoms with Crippen LogP contribution < -0.4 is 0 Å². The summed E-state index contributed by atoms with van der Waals surface area (Å²) < 4.78 is 4.78. The normalized spacial score (nSPS) is 16.7. The van der Waals surface area contributed by atoms with E-state index in [1.807, 2.05) is 26.8 Å². The molecule has 0 amide bonds. The Bertz CT molecular complexity index is 580. The number of esters is 1. The Hall–Kier alpha value is -1.90. The third kappa shape index (κ3) is 2.60. The topological polar surface area (TPSA) is 43.4 Å². The van der Waals surface area contributed by atoms with Crippen LogP contribution in [0.5, 0.6) is 0 Å². The number of fused-ring (bicyclic) bond motifs is 1. The molecule has 2 rings (SSSR count). The molecule has 0 aromatic heterocycles. The Balaban J connectivity index is 2.36. The number of ketones is 1. The van der Waals surface area contributed by atoms with Crippen LogP contribution in [-0.4, -0.2) is 11.8 Å². The summed E-state index contributed by atoms with van der Waals surface area (Å²) in [5.41, 5.74) is 3.57. The van der Waals surface area contributed by atoms with Crippen LogP contribution in [0.1, 0.15) is 47.8 Å². The van der Waals surface area contributed by atoms with E-state index in [1.54, 1.807) is 6.08 Å². The highest BCUT2D eigenvalue weighted by Gasteiger charge is 2.37. The Labute approximate surface area is 113 Å². The molecule has 0 N–H and O–H groups in total. The SMILES string of the molecule is CC(=O)O/C=C/c1cc2c(cc1C)CC(C)(C)C2=O. The summed E-state index contributed by atoms with van der Waals surface area (Å²) in [6, 6.07) is 3.94. The highest BCUT2D eigenvalue weighted by atomic mass is 16.5. The number of rotatable bonds is 2. The Morgan fingerprint density at radius 1 is 1.37 bits per heavy atom. The highest BCUT2D eigenvalue weighted by molar-refractivity contribution is 6.05. The van der Waals surface area contributed by atoms with Crippen molar-refractivity contribution in [2.24, 2.45) is 5.41 Å². The first-order valence-corrected chi connectivity index (χ1v) is 6.33. The zero-order chi connectivity index (χ0) is 14.2. The lowest BCUT2D eigenvalue weighted by molar-refractivity contribution is -0.135. The predicted octanol–water partition coefficient (Wildman–Crippen LogP) is 3.29. The average Bonchev–Trinajstić information content (AvgIpc) is 2.50. The Morgan fingerprint density at radius 3 is 2.68 bits per heavy atom. The number of Topliss-reactive ketones (excluding diaryl/α,β-unsaturated/α-hetero) is 1. The standard InChI is InChI=1S/C16H18O3/c1-10-7-13-9-16(3,4)15(18)14(13)8-12(10)5-6-19-11(2)17/h5-8H,9H2,1-4H3/b6-5+. The van der Waals surface area contributed by atoms with Gasteiger partial charge in [-0.25, -0.2) is 0 Å². The van der Waals surface area contributed by atoms with E-state index in [0.717, 1.165) is 28.7 Å². The molecule has 0 unspecified atom stereocenters. The van der Waals surface area contributed by atoms with E-state index in [2.05, 4.69) is 6.07 Å². The number of benzene rings is 1. The third-order valence-corrected chi connectivity index (χ3v) is 3.47. The molecule has 0 bridgehead atoms. The first kappa shape index (κ1) is 13.5. The van der Waals surface area contributed by atoms with E-state index in [-0.39, 0.29) is 17.2 Å². The van der Waals surface area contributed by atoms with Gasteiger partial charge < -0.3 is 4.74 Å². The van der Waals surface area contributed by atoms with Gasteiger partial charge >= 0.3 is 5.97 Å². The molecular formula is C16H18O3. The van der Waals surface area contributed by atoms with Gasteiger partial charge in [-0.15, -0.1) is 0 Å². The summed E-state index contributed by atoms with van der Waals surface area (Å²) in [7, 11) is 0. The maximum atomic E-state index is 12.3. The quantitative estimate of drug-likeness (QED) is 0.604. The number of hydrogen-bond acceptors (Lipinski definition) is 3. The number of carbonyl (C=O) groups is 2. The second-order valence-electron chi connectivity index (χ2n) is 5.67. The van der Waals surface area contributed by atoms with Gasteiger partial charge in [-0.1, -0.05) is 19.9 Å². The fourth-order valence-corrected chi connectivity index (χ4v) is 2.45. The molecule has 0 aliphatic heterocycles. The van der Waals surface area contributed by atoms with Gasteiger partial charge in [-0.2, -0.15) is 0 Å². The monoisotopic (exact) mass is 258 g/mol. The lowest BCUT2D eigenvalue weighted by atomic mass is 9.89. The average molecular weight is 258 g/mol. The van der Waals surface area contributed by atoms with E-state index in [1.165, 1.54) is 13.2 Å². The second-order valence-corrected chi connectivity index (χ2v) is 5.67. The van der Waals surface area contributed by atoms with Crippen molar-refractivity contribution in [1.29, 1.82) is 0 Å². The summed E-state index contributed by atoms with van der Waals surface area (Å²) in [6.45, 7) is 7.29. The summed E-state index contributed by atoms with van der Waals surface area (Å²) >= 11 is 0. The minimum Gasteiger partial charge on any atom is -0.435 e. The van der Waals surface area contributed by atoms with Crippen molar-refractivity contribution in [2.75, 3.05) is 0 Å². The van der Waals surface area contributed by atoms with Crippen LogP contribution in [0.2, 0.25) is 0 Å². The van der Waals surface area contributed by atoms with Crippen LogP contribution in [0.3, 0.4) is 0 Å². The van der Waals surface area contributed by atoms with Crippen LogP contribution in [0, 0.1) is 12.3 Å². The maximum absolute atomic E-state index is 12.3. The summed E-state index contributed by atoms with van der Waals surface area (Å²) in [4.78, 5) is 23.0. The van der Waals surface area contributed by atoms with Gasteiger partial charge in [0.2, 0.25) is 0 Å². The number of ether oxygens (including phenoxy) is 1. The molecule has 19 heavy (non-hydrogen) atoms. The van der Waals surface area contributed by atoms with Gasteiger partial charge in [0.25, 0.3) is 0 Å². The van der Waals surface area contributed by atoms with Crippen LogP contribution >= 0.6 is 0 Å². The Kier molecular flexibility index (Phi) is 3.31. The van der Waals surface area contributed by atoms with Gasteiger partial charge in [0.05, 0.1) is 6.26 Å². The molecule has 0 radical (unpaired) electrons. The van der Waals surface area contributed by atoms with Gasteiger partial charge in [0.15, 0.2) is 5.78 Å². The van der Waals surface area contributed by atoms with Crippen LogP contribution in [0.25, 0.3) is 6.08 Å². The number of aryl methyl sites for hydroxylation is 1. The van der Waals surface area contributed by atoms with Gasteiger partial charge in [-0.05, 0) is 42.2 Å². The molecular weight excluding hydrogens is 240 g/mol. The van der Waals surface area contributed by atoms with Crippen LogP contribution in [-0.2, 0) is 16.0 Å². The second kappa shape index (κ2) is 4.65. The molecule has 0 saturated heterocycles. The smallest absolute Gasteiger partial charge is 0.307 e. The van der Waals surface area contributed by atoms with E-state index < -0.39 is 0 Å². The molecule has 100 valence electrons. The van der Waals surface area contributed by atoms with Crippen molar-refractivity contribution in [2.45, 2.75) is 34.1 Å². The minimum atomic E-state index is -0.354. The van der Waals surface area contributed by atoms with E-state index in [0.29, 0.717) is 0 Å². The molecule has 0 spiro atoms. The van der Waals surface area contributed by atoms with E-state index in [4.69, 9.17) is 4.74 Å². The zero-order valence-corrected chi connectivity index (χ0v) is 11.7. The van der Waals surface area contributed by atoms with Crippen LogP contribution in [0.15, 0.2) is 18.4 Å². The van der Waals surface area contributed by atoms with Crippen molar-refractivity contribution in [3.63, 3.8) is 0 Å². The number of hydrogen-bond donors (Lipinski definition) is 0. The molecule has 3 nitrogen and oxygen atoms in total. The third-order valence-electron chi connectivity index (χ3n) is 3.47. The largest absolute Gasteiger partial charge is 0.435 e. The molecule has 1 aliphatic carbocycles. The van der Waals surface area contributed by atoms with Gasteiger partial charge in [0.1, 0.15) is 0 Å². The van der Waals surface area contributed by atoms with Crippen molar-refractivity contribution >= 4 is 17.8 Å². The lowest BCUT2D eigenvalue weighted by Crippen LogP contribution is -2.18. The fourth-order valence-electron chi connectivity index (χ4n) is 2.45. The predicted molar refractivity (Wildman–Crippen MR) is 73.8 cm³/mol. The summed E-state index contributed by atoms with van der Waals surface area (Å²) in [6.07, 6.45) is 3.87. The summed E-state index contributed by atoms with van der Waals surface area (Å²) in [5.74, 6) is -0.170. The number of carbonyl (C=O) groups excluding carboxylic acids is 2. The molecule has 3 heteroatoms. The fraction of sp³-hybridized carbons (Fsp3) is 0.375. The molecule has 0 atom stereocenters. The minimum absolute atomic E-state index is 0.185. The van der Waals surface area contributed by atoms with Crippen molar-refractivity contribution in [1.82, 2.24) is 0 Å². The molecule has 0 saturated carbocycles. The zero-order valence-electron chi connectivity index (χ0n) is 11.7. The van der Waals surface area contributed by atoms with Crippen molar-refractivity contribution < 1.29 is 14.3 Å². The van der Waals surface area contributed by atoms with Crippen molar-refractivity contribution in [3.8, 4) is 0 Å². The molecule has 1 aromatic rings. The highest BCUT2D eigenvalue weighted by Crippen LogP contribution is 2.37. The van der Waals surface area contributed by atoms with Gasteiger partial charge in [0, 0.05) is 17.9 Å². The molecule has 1 aromatic carbocycles. The van der Waals surface area contributed by atoms with Crippen molar-refractivity contribution in [3.05, 3.63) is 40.6 Å².